The number of Topliss-reactive ketones (excluding diaryl/α,β-unsaturated/α-hetero) is 2. The highest BCUT2D eigenvalue weighted by molar-refractivity contribution is 6.40. The number of nitrogens with one attached hydrogen (secondary N) is 1. The number of amides is 1. The number of aryl methyl sites for hydroxylation is 1. The number of hydrogen-bond acceptors (Lipinski definition) is 13. The number of benzene rings is 3. The van der Waals surface area contributed by atoms with Gasteiger partial charge in [-0.15, -0.1) is 0 Å². The van der Waals surface area contributed by atoms with Gasteiger partial charge in [-0.25, -0.2) is 19.2 Å². The zero-order valence-electron chi connectivity index (χ0n) is 37.8. The van der Waals surface area contributed by atoms with E-state index >= 15 is 9.59 Å². The monoisotopic (exact) mass is 881 g/mol. The van der Waals surface area contributed by atoms with Gasteiger partial charge in [0.1, 0.15) is 29.5 Å². The molecule has 3 aliphatic carbocycles. The van der Waals surface area contributed by atoms with Crippen molar-refractivity contribution in [1.29, 1.82) is 0 Å². The summed E-state index contributed by atoms with van der Waals surface area (Å²) in [4.78, 5) is 86.2. The molecule has 0 spiro atoms. The maximum absolute atomic E-state index is 15.4. The van der Waals surface area contributed by atoms with Gasteiger partial charge in [0.25, 0.3) is 0 Å². The first-order valence-corrected chi connectivity index (χ1v) is 21.8. The molecule has 7 rings (SSSR count). The third kappa shape index (κ3) is 8.02. The molecule has 12 atom stereocenters. The van der Waals surface area contributed by atoms with E-state index in [4.69, 9.17) is 23.7 Å². The van der Waals surface area contributed by atoms with Crippen molar-refractivity contribution in [3.05, 3.63) is 107 Å². The summed E-state index contributed by atoms with van der Waals surface area (Å²) < 4.78 is 30.4. The van der Waals surface area contributed by atoms with Gasteiger partial charge in [-0.3, -0.25) is 9.59 Å². The van der Waals surface area contributed by atoms with Crippen molar-refractivity contribution in [2.24, 2.45) is 34.0 Å². The number of esters is 3. The largest absolute Gasteiger partial charge is 0.460 e. The van der Waals surface area contributed by atoms with Crippen molar-refractivity contribution >= 4 is 35.6 Å². The smallest absolute Gasteiger partial charge is 0.408 e. The molecule has 0 aromatic heterocycles. The normalized spacial score (nSPS) is 32.7. The van der Waals surface area contributed by atoms with Crippen molar-refractivity contribution in [2.75, 3.05) is 6.61 Å². The number of aliphatic hydroxyl groups is 2. The second-order valence-corrected chi connectivity index (χ2v) is 20.1. The number of fused-ring (bicyclic) bond motifs is 5. The Hall–Kier alpha value is -5.44. The molecule has 3 N–H and O–H groups in total. The quantitative estimate of drug-likeness (QED) is 0.123. The summed E-state index contributed by atoms with van der Waals surface area (Å²) >= 11 is 0. The number of hydrogen-bond donors (Lipinski definition) is 3. The lowest BCUT2D eigenvalue weighted by molar-refractivity contribution is -0.321. The molecule has 342 valence electrons. The summed E-state index contributed by atoms with van der Waals surface area (Å²) in [5.41, 5.74) is -6.04. The van der Waals surface area contributed by atoms with Crippen LogP contribution in [0.1, 0.15) is 106 Å². The summed E-state index contributed by atoms with van der Waals surface area (Å²) in [6.07, 6.45) is -8.15. The zero-order chi connectivity index (χ0) is 46.7. The Morgan fingerprint density at radius 1 is 0.844 bits per heavy atom. The van der Waals surface area contributed by atoms with Crippen molar-refractivity contribution in [1.82, 2.24) is 5.32 Å². The summed E-state index contributed by atoms with van der Waals surface area (Å²) in [6, 6.07) is 21.8. The summed E-state index contributed by atoms with van der Waals surface area (Å²) in [5, 5.41) is 28.1. The van der Waals surface area contributed by atoms with E-state index in [2.05, 4.69) is 5.32 Å². The highest BCUT2D eigenvalue weighted by atomic mass is 16.6. The number of alkyl carbamates (subject to hydrolysis) is 1. The Bertz CT molecular complexity index is 2310. The molecule has 1 amide bonds. The Morgan fingerprint density at radius 3 is 1.98 bits per heavy atom. The first kappa shape index (κ1) is 46.5. The van der Waals surface area contributed by atoms with Crippen LogP contribution in [0.4, 0.5) is 4.79 Å². The van der Waals surface area contributed by atoms with Gasteiger partial charge in [0, 0.05) is 41.4 Å². The minimum Gasteiger partial charge on any atom is -0.460 e. The van der Waals surface area contributed by atoms with Gasteiger partial charge in [-0.05, 0) is 64.4 Å². The SMILES string of the molecule is Cc1cccc(C(NC(=O)OC(C)(C)C)C(O)C(=O)OC2CC3(O)C(OC(=O)c4ccccc4)C4C5(C)COC5CC(OC(=O)c5ccccc5)C4(C)C(=O)C(=O)C(C2C)C3(C)C)c1. The highest BCUT2D eigenvalue weighted by Crippen LogP contribution is 2.66. The van der Waals surface area contributed by atoms with Crippen LogP contribution in [0.5, 0.6) is 0 Å². The Kier molecular flexibility index (Phi) is 12.3. The Balaban J connectivity index is 1.33. The van der Waals surface area contributed by atoms with Crippen LogP contribution in [0.2, 0.25) is 0 Å². The fraction of sp³-hybridized carbons (Fsp3) is 0.520. The summed E-state index contributed by atoms with van der Waals surface area (Å²) in [5.74, 6) is -8.05. The van der Waals surface area contributed by atoms with E-state index in [1.165, 1.54) is 0 Å². The topological polar surface area (TPSA) is 201 Å². The van der Waals surface area contributed by atoms with E-state index in [0.29, 0.717) is 5.56 Å². The van der Waals surface area contributed by atoms with Crippen LogP contribution >= 0.6 is 0 Å². The average molecular weight is 882 g/mol. The van der Waals surface area contributed by atoms with Gasteiger partial charge in [0.15, 0.2) is 6.10 Å². The molecule has 1 heterocycles. The van der Waals surface area contributed by atoms with E-state index in [-0.39, 0.29) is 24.2 Å². The molecule has 3 aromatic carbocycles. The highest BCUT2D eigenvalue weighted by Gasteiger charge is 2.77. The molecule has 1 aliphatic heterocycles. The minimum atomic E-state index is -2.23. The lowest BCUT2D eigenvalue weighted by atomic mass is 9.41. The van der Waals surface area contributed by atoms with Crippen LogP contribution in [0.25, 0.3) is 0 Å². The molecule has 14 nitrogen and oxygen atoms in total. The predicted molar refractivity (Wildman–Crippen MR) is 231 cm³/mol. The molecule has 3 saturated carbocycles. The van der Waals surface area contributed by atoms with Crippen LogP contribution in [0.3, 0.4) is 0 Å². The van der Waals surface area contributed by atoms with Gasteiger partial charge < -0.3 is 39.2 Å². The van der Waals surface area contributed by atoms with E-state index in [9.17, 15) is 29.4 Å². The minimum absolute atomic E-state index is 0.0417. The summed E-state index contributed by atoms with van der Waals surface area (Å²) in [6.45, 7) is 15.1. The van der Waals surface area contributed by atoms with Crippen LogP contribution in [-0.2, 0) is 38.1 Å². The Morgan fingerprint density at radius 2 is 1.44 bits per heavy atom. The van der Waals surface area contributed by atoms with Crippen LogP contribution in [0, 0.1) is 40.9 Å². The first-order valence-electron chi connectivity index (χ1n) is 21.8. The van der Waals surface area contributed by atoms with E-state index in [0.717, 1.165) is 5.56 Å². The molecule has 4 aliphatic rings. The van der Waals surface area contributed by atoms with Gasteiger partial charge in [-0.1, -0.05) is 93.9 Å². The number of ether oxygens (including phenoxy) is 5. The molecule has 3 aromatic rings. The van der Waals surface area contributed by atoms with Crippen molar-refractivity contribution in [3.63, 3.8) is 0 Å². The van der Waals surface area contributed by atoms with Gasteiger partial charge in [0.2, 0.25) is 11.6 Å². The van der Waals surface area contributed by atoms with Crippen LogP contribution in [0.15, 0.2) is 84.9 Å². The number of carbonyl (C=O) groups is 6. The molecule has 14 heteroatoms. The standard InChI is InChI=1S/C50H59NO13/c1-27-17-16-22-31(23-27)36(51-45(58)64-46(3,4)5)38(53)44(57)61-32-25-50(59)41(63-43(56)30-20-14-11-15-21-30)39-48(8)26-60-33(48)24-34(62-42(55)29-18-12-10-13-19-29)49(39,9)40(54)37(52)35(28(32)2)47(50,6)7/h10-23,28,32-36,38-39,41,53,59H,24-26H2,1-9H3,(H,51,58). The molecule has 1 saturated heterocycles. The number of ketones is 2. The summed E-state index contributed by atoms with van der Waals surface area (Å²) in [7, 11) is 0. The third-order valence-corrected chi connectivity index (χ3v) is 14.5. The van der Waals surface area contributed by atoms with Crippen molar-refractivity contribution in [2.45, 2.75) is 123 Å². The van der Waals surface area contributed by atoms with Crippen molar-refractivity contribution in [3.8, 4) is 0 Å². The molecule has 2 bridgehead atoms. The van der Waals surface area contributed by atoms with Crippen LogP contribution < -0.4 is 5.32 Å². The third-order valence-electron chi connectivity index (χ3n) is 14.5. The van der Waals surface area contributed by atoms with E-state index in [1.807, 2.05) is 6.92 Å². The lowest BCUT2D eigenvalue weighted by Gasteiger charge is -2.68. The van der Waals surface area contributed by atoms with E-state index < -0.39 is 124 Å². The van der Waals surface area contributed by atoms with Gasteiger partial charge in [-0.2, -0.15) is 0 Å². The van der Waals surface area contributed by atoms with Gasteiger partial charge >= 0.3 is 24.0 Å². The zero-order valence-corrected chi connectivity index (χ0v) is 37.8. The first-order chi connectivity index (χ1) is 29.9. The molecule has 64 heavy (non-hydrogen) atoms. The number of rotatable bonds is 9. The second kappa shape index (κ2) is 16.8. The van der Waals surface area contributed by atoms with Gasteiger partial charge in [0.05, 0.1) is 35.3 Å². The van der Waals surface area contributed by atoms with Crippen molar-refractivity contribution < 1.29 is 62.7 Å². The molecular weight excluding hydrogens is 823 g/mol. The predicted octanol–water partition coefficient (Wildman–Crippen LogP) is 6.28. The average Bonchev–Trinajstić information content (AvgIpc) is 3.23. The maximum atomic E-state index is 15.4. The molecular formula is C50H59NO13. The Labute approximate surface area is 373 Å². The van der Waals surface area contributed by atoms with E-state index in [1.54, 1.807) is 140 Å². The lowest BCUT2D eigenvalue weighted by Crippen LogP contribution is -2.79. The fourth-order valence-corrected chi connectivity index (χ4v) is 11.0. The van der Waals surface area contributed by atoms with Crippen LogP contribution in [-0.4, -0.2) is 94.1 Å². The maximum Gasteiger partial charge on any atom is 0.408 e. The fourth-order valence-electron chi connectivity index (χ4n) is 11.0. The molecule has 12 unspecified atom stereocenters. The number of carbonyl (C=O) groups excluding carboxylic acids is 6. The molecule has 0 radical (unpaired) electrons. The second-order valence-electron chi connectivity index (χ2n) is 20.1. The number of aliphatic hydroxyl groups excluding tert-OH is 1. The molecule has 4 fully saturated rings.